The summed E-state index contributed by atoms with van der Waals surface area (Å²) >= 11 is 0. The molecule has 2 N–H and O–H groups in total. The first-order valence-electron chi connectivity index (χ1n) is 4.80. The summed E-state index contributed by atoms with van der Waals surface area (Å²) in [6, 6.07) is 1.84. The highest BCUT2D eigenvalue weighted by atomic mass is 14.9. The smallest absolute Gasteiger partial charge is 0.133 e. The minimum atomic E-state index is 0.397. The number of anilines is 1. The first-order chi connectivity index (χ1) is 6.17. The maximum absolute atomic E-state index is 5.68. The average Bonchev–Trinajstić information content (AvgIpc) is 2.15. The zero-order valence-electron chi connectivity index (χ0n) is 8.54. The Bertz CT molecular complexity index is 283. The number of nitrogens with two attached hydrogens (primary N) is 1. The van der Waals surface area contributed by atoms with Gasteiger partial charge in [0.25, 0.3) is 0 Å². The molecule has 0 aliphatic rings. The van der Waals surface area contributed by atoms with Gasteiger partial charge in [-0.05, 0) is 12.8 Å². The molecule has 0 bridgehead atoms. The van der Waals surface area contributed by atoms with Gasteiger partial charge in [0.2, 0.25) is 0 Å². The molecule has 1 rings (SSSR count). The second kappa shape index (κ2) is 4.21. The van der Waals surface area contributed by atoms with E-state index in [9.17, 15) is 0 Å². The Morgan fingerprint density at radius 1 is 1.38 bits per heavy atom. The largest absolute Gasteiger partial charge is 0.384 e. The van der Waals surface area contributed by atoms with Crippen LogP contribution in [0.25, 0.3) is 0 Å². The molecular formula is C10H17N3. The zero-order valence-corrected chi connectivity index (χ0v) is 8.54. The molecule has 1 atom stereocenters. The van der Waals surface area contributed by atoms with Crippen molar-refractivity contribution in [2.75, 3.05) is 5.73 Å². The molecule has 3 heteroatoms. The van der Waals surface area contributed by atoms with Gasteiger partial charge in [0, 0.05) is 17.7 Å². The predicted octanol–water partition coefficient (Wildman–Crippen LogP) is 2.13. The van der Waals surface area contributed by atoms with Crippen molar-refractivity contribution in [1.82, 2.24) is 9.97 Å². The molecule has 1 unspecified atom stereocenters. The normalized spacial score (nSPS) is 12.8. The van der Waals surface area contributed by atoms with Crippen molar-refractivity contribution in [1.29, 1.82) is 0 Å². The lowest BCUT2D eigenvalue weighted by Gasteiger charge is -2.08. The van der Waals surface area contributed by atoms with E-state index in [0.29, 0.717) is 11.7 Å². The van der Waals surface area contributed by atoms with Gasteiger partial charge in [-0.1, -0.05) is 20.8 Å². The summed E-state index contributed by atoms with van der Waals surface area (Å²) in [5.41, 5.74) is 6.71. The van der Waals surface area contributed by atoms with Crippen LogP contribution in [-0.2, 0) is 6.42 Å². The maximum Gasteiger partial charge on any atom is 0.133 e. The fourth-order valence-electron chi connectivity index (χ4n) is 1.12. The van der Waals surface area contributed by atoms with E-state index in [1.54, 1.807) is 0 Å². The van der Waals surface area contributed by atoms with Crippen LogP contribution in [0.15, 0.2) is 6.07 Å². The van der Waals surface area contributed by atoms with Gasteiger partial charge >= 0.3 is 0 Å². The number of nitrogen functional groups attached to an aromatic ring is 1. The topological polar surface area (TPSA) is 51.8 Å². The zero-order chi connectivity index (χ0) is 9.84. The van der Waals surface area contributed by atoms with Crippen molar-refractivity contribution in [3.8, 4) is 0 Å². The third-order valence-electron chi connectivity index (χ3n) is 2.23. The first-order valence-corrected chi connectivity index (χ1v) is 4.80. The highest BCUT2D eigenvalue weighted by molar-refractivity contribution is 5.30. The molecule has 1 heterocycles. The lowest BCUT2D eigenvalue weighted by Crippen LogP contribution is -2.05. The molecule has 0 aliphatic heterocycles. The van der Waals surface area contributed by atoms with Crippen molar-refractivity contribution < 1.29 is 0 Å². The SMILES string of the molecule is CCc1cc(N)nc(C(C)CC)n1. The number of nitrogens with zero attached hydrogens (tertiary/aromatic N) is 2. The summed E-state index contributed by atoms with van der Waals surface area (Å²) in [6.07, 6.45) is 1.96. The quantitative estimate of drug-likeness (QED) is 0.773. The Kier molecular flexibility index (Phi) is 3.23. The third kappa shape index (κ3) is 2.41. The molecule has 72 valence electrons. The molecule has 13 heavy (non-hydrogen) atoms. The Hall–Kier alpha value is -1.12. The summed E-state index contributed by atoms with van der Waals surface area (Å²) in [4.78, 5) is 8.65. The highest BCUT2D eigenvalue weighted by Gasteiger charge is 2.07. The van der Waals surface area contributed by atoms with E-state index < -0.39 is 0 Å². The third-order valence-corrected chi connectivity index (χ3v) is 2.23. The summed E-state index contributed by atoms with van der Waals surface area (Å²) < 4.78 is 0. The fourth-order valence-corrected chi connectivity index (χ4v) is 1.12. The van der Waals surface area contributed by atoms with Crippen LogP contribution in [0.1, 0.15) is 44.6 Å². The Balaban J connectivity index is 3.01. The van der Waals surface area contributed by atoms with Gasteiger partial charge in [0.05, 0.1) is 0 Å². The first kappa shape index (κ1) is 9.96. The maximum atomic E-state index is 5.68. The number of hydrogen-bond acceptors (Lipinski definition) is 3. The van der Waals surface area contributed by atoms with Gasteiger partial charge in [-0.25, -0.2) is 9.97 Å². The summed E-state index contributed by atoms with van der Waals surface area (Å²) in [6.45, 7) is 6.32. The number of hydrogen-bond donors (Lipinski definition) is 1. The minimum absolute atomic E-state index is 0.397. The van der Waals surface area contributed by atoms with E-state index in [4.69, 9.17) is 5.73 Å². The van der Waals surface area contributed by atoms with Crippen LogP contribution in [0.3, 0.4) is 0 Å². The highest BCUT2D eigenvalue weighted by Crippen LogP contribution is 2.16. The molecular weight excluding hydrogens is 162 g/mol. The minimum Gasteiger partial charge on any atom is -0.384 e. The van der Waals surface area contributed by atoms with Crippen molar-refractivity contribution in [3.05, 3.63) is 17.6 Å². The molecule has 1 aromatic rings. The van der Waals surface area contributed by atoms with E-state index in [0.717, 1.165) is 24.4 Å². The van der Waals surface area contributed by atoms with Crippen molar-refractivity contribution in [3.63, 3.8) is 0 Å². The monoisotopic (exact) mass is 179 g/mol. The van der Waals surface area contributed by atoms with Crippen LogP contribution in [-0.4, -0.2) is 9.97 Å². The fraction of sp³-hybridized carbons (Fsp3) is 0.600. The predicted molar refractivity (Wildman–Crippen MR) is 54.5 cm³/mol. The number of rotatable bonds is 3. The van der Waals surface area contributed by atoms with E-state index in [2.05, 4.69) is 30.7 Å². The lowest BCUT2D eigenvalue weighted by molar-refractivity contribution is 0.673. The second-order valence-corrected chi connectivity index (χ2v) is 3.31. The van der Waals surface area contributed by atoms with E-state index >= 15 is 0 Å². The van der Waals surface area contributed by atoms with Gasteiger partial charge < -0.3 is 5.73 Å². The summed E-state index contributed by atoms with van der Waals surface area (Å²) in [7, 11) is 0. The molecule has 0 aromatic carbocycles. The molecule has 1 aromatic heterocycles. The molecule has 0 spiro atoms. The standard InChI is InChI=1S/C10H17N3/c1-4-7(3)10-12-8(5-2)6-9(11)13-10/h6-7H,4-5H2,1-3H3,(H2,11,12,13). The van der Waals surface area contributed by atoms with Crippen LogP contribution in [0.5, 0.6) is 0 Å². The van der Waals surface area contributed by atoms with Gasteiger partial charge in [-0.15, -0.1) is 0 Å². The van der Waals surface area contributed by atoms with Gasteiger partial charge in [-0.3, -0.25) is 0 Å². The van der Waals surface area contributed by atoms with Crippen molar-refractivity contribution in [2.45, 2.75) is 39.5 Å². The Labute approximate surface area is 79.4 Å². The molecule has 0 aliphatic carbocycles. The molecule has 0 radical (unpaired) electrons. The summed E-state index contributed by atoms with van der Waals surface area (Å²) in [5, 5.41) is 0. The Morgan fingerprint density at radius 2 is 2.08 bits per heavy atom. The summed E-state index contributed by atoms with van der Waals surface area (Å²) in [5.74, 6) is 1.86. The van der Waals surface area contributed by atoms with Crippen LogP contribution in [0, 0.1) is 0 Å². The van der Waals surface area contributed by atoms with E-state index in [-0.39, 0.29) is 0 Å². The molecule has 0 amide bonds. The second-order valence-electron chi connectivity index (χ2n) is 3.31. The average molecular weight is 179 g/mol. The number of aryl methyl sites for hydroxylation is 1. The van der Waals surface area contributed by atoms with Crippen molar-refractivity contribution >= 4 is 5.82 Å². The van der Waals surface area contributed by atoms with Crippen LogP contribution < -0.4 is 5.73 Å². The lowest BCUT2D eigenvalue weighted by atomic mass is 10.1. The Morgan fingerprint density at radius 3 is 2.62 bits per heavy atom. The molecule has 0 saturated heterocycles. The van der Waals surface area contributed by atoms with Crippen LogP contribution in [0.2, 0.25) is 0 Å². The van der Waals surface area contributed by atoms with Gasteiger partial charge in [0.15, 0.2) is 0 Å². The molecule has 0 saturated carbocycles. The van der Waals surface area contributed by atoms with E-state index in [1.807, 2.05) is 6.07 Å². The van der Waals surface area contributed by atoms with E-state index in [1.165, 1.54) is 0 Å². The van der Waals surface area contributed by atoms with Crippen molar-refractivity contribution in [2.24, 2.45) is 0 Å². The van der Waals surface area contributed by atoms with Crippen LogP contribution in [0.4, 0.5) is 5.82 Å². The van der Waals surface area contributed by atoms with Gasteiger partial charge in [0.1, 0.15) is 11.6 Å². The molecule has 3 nitrogen and oxygen atoms in total. The number of aromatic nitrogens is 2. The van der Waals surface area contributed by atoms with Gasteiger partial charge in [-0.2, -0.15) is 0 Å². The molecule has 0 fully saturated rings. The van der Waals surface area contributed by atoms with Crippen LogP contribution >= 0.6 is 0 Å².